The van der Waals surface area contributed by atoms with Crippen LogP contribution in [-0.2, 0) is 26.3 Å². The predicted molar refractivity (Wildman–Crippen MR) is 238 cm³/mol. The molecule has 314 valence electrons. The van der Waals surface area contributed by atoms with Crippen molar-refractivity contribution in [1.82, 2.24) is 44.6 Å². The summed E-state index contributed by atoms with van der Waals surface area (Å²) in [6.45, 7) is 7.91. The molecule has 3 fully saturated rings. The number of amides is 1. The molecule has 0 spiro atoms. The molecule has 10 rings (SSSR count). The number of H-pyrrole nitrogens is 1. The number of anilines is 3. The summed E-state index contributed by atoms with van der Waals surface area (Å²) in [5, 5.41) is 10.1. The van der Waals surface area contributed by atoms with Gasteiger partial charge < -0.3 is 29.7 Å². The molecule has 1 aromatic carbocycles. The third-order valence-corrected chi connectivity index (χ3v) is 13.9. The Kier molecular flexibility index (Phi) is 10.7. The minimum atomic E-state index is -2.79. The first-order chi connectivity index (χ1) is 29.4. The molecular formula is C44H49N13O3S. The third-order valence-electron chi connectivity index (χ3n) is 11.8. The van der Waals surface area contributed by atoms with E-state index in [-0.39, 0.29) is 11.9 Å². The van der Waals surface area contributed by atoms with Gasteiger partial charge in [-0.2, -0.15) is 5.10 Å². The Bertz CT molecular complexity index is 2850. The quantitative estimate of drug-likeness (QED) is 0.164. The number of aromatic amines is 1. The molecule has 61 heavy (non-hydrogen) atoms. The number of hydrogen-bond acceptors (Lipinski definition) is 13. The van der Waals surface area contributed by atoms with Crippen molar-refractivity contribution in [1.29, 1.82) is 4.78 Å². The number of nitrogens with one attached hydrogen (secondary N) is 3. The smallest absolute Gasteiger partial charge is 0.257 e. The number of ether oxygens (including phenoxy) is 1. The van der Waals surface area contributed by atoms with Crippen LogP contribution >= 0.6 is 0 Å². The van der Waals surface area contributed by atoms with Crippen LogP contribution in [0.15, 0.2) is 91.8 Å². The van der Waals surface area contributed by atoms with E-state index in [0.29, 0.717) is 36.1 Å². The van der Waals surface area contributed by atoms with E-state index < -0.39 is 14.5 Å². The van der Waals surface area contributed by atoms with Gasteiger partial charge in [-0.05, 0) is 74.2 Å². The zero-order valence-electron chi connectivity index (χ0n) is 34.7. The Hall–Kier alpha value is -6.30. The van der Waals surface area contributed by atoms with Crippen molar-refractivity contribution in [3.05, 3.63) is 103 Å². The first-order valence-corrected chi connectivity index (χ1v) is 22.4. The molecule has 17 heteroatoms. The van der Waals surface area contributed by atoms with E-state index in [1.54, 1.807) is 29.3 Å². The number of piperazine rings is 1. The fraction of sp³-hybridized carbons (Fsp3) is 0.341. The molecule has 8 heterocycles. The standard InChI is InChI=1S/C24H25N7O.C20H24N6O2S/c1-29-7-9-31(10-8-29)23-13-18(5-6-25-23)24(32)28-22-12-20-11-17(3-4-19(20)14-26-22)21-15-27-30(2)16-21;1-13-12-28-10-9-26(13)17-11-16(20(5-6-20)29(2,21)27)24-19(25-17)15-4-8-23-18-14(15)3-7-22-18/h3-6,11-16H,7-10H2,1-2H3,(H,26,28,32);3-4,7-8,11,13,21H,5-6,9-10,12H2,1-2H3,(H,22,23). The van der Waals surface area contributed by atoms with E-state index in [1.165, 1.54) is 6.26 Å². The van der Waals surface area contributed by atoms with Gasteiger partial charge in [0.2, 0.25) is 0 Å². The lowest BCUT2D eigenvalue weighted by Gasteiger charge is -2.35. The van der Waals surface area contributed by atoms with Crippen molar-refractivity contribution in [2.24, 2.45) is 7.05 Å². The summed E-state index contributed by atoms with van der Waals surface area (Å²) in [5.74, 6) is 2.54. The Morgan fingerprint density at radius 2 is 1.72 bits per heavy atom. The summed E-state index contributed by atoms with van der Waals surface area (Å²) in [5.41, 5.74) is 5.05. The van der Waals surface area contributed by atoms with Crippen molar-refractivity contribution in [3.8, 4) is 22.5 Å². The minimum absolute atomic E-state index is 0.182. The molecule has 0 bridgehead atoms. The van der Waals surface area contributed by atoms with E-state index >= 15 is 0 Å². The average Bonchev–Trinajstić information content (AvgIpc) is 3.77. The molecular weight excluding hydrogens is 791 g/mol. The lowest BCUT2D eigenvalue weighted by Crippen LogP contribution is -2.44. The monoisotopic (exact) mass is 839 g/mol. The van der Waals surface area contributed by atoms with Crippen molar-refractivity contribution in [2.75, 3.05) is 74.4 Å². The summed E-state index contributed by atoms with van der Waals surface area (Å²) < 4.78 is 27.8. The number of morpholine rings is 1. The van der Waals surface area contributed by atoms with Gasteiger partial charge in [-0.15, -0.1) is 0 Å². The first kappa shape index (κ1) is 40.1. The highest BCUT2D eigenvalue weighted by Crippen LogP contribution is 2.52. The molecule has 16 nitrogen and oxygen atoms in total. The number of carbonyl (C=O) groups excluding carboxylic acids is 1. The molecule has 2 aliphatic heterocycles. The van der Waals surface area contributed by atoms with Crippen LogP contribution in [0.3, 0.4) is 0 Å². The van der Waals surface area contributed by atoms with Crippen LogP contribution in [-0.4, -0.2) is 120 Å². The van der Waals surface area contributed by atoms with Gasteiger partial charge in [-0.3, -0.25) is 14.3 Å². The summed E-state index contributed by atoms with van der Waals surface area (Å²) in [7, 11) is 1.23. The van der Waals surface area contributed by atoms with E-state index in [0.717, 1.165) is 95.7 Å². The molecule has 6 aromatic heterocycles. The fourth-order valence-electron chi connectivity index (χ4n) is 8.03. The van der Waals surface area contributed by atoms with Crippen LogP contribution in [0.5, 0.6) is 0 Å². The summed E-state index contributed by atoms with van der Waals surface area (Å²) >= 11 is 0. The van der Waals surface area contributed by atoms with Gasteiger partial charge in [0.25, 0.3) is 5.91 Å². The maximum Gasteiger partial charge on any atom is 0.257 e. The number of aryl methyl sites for hydroxylation is 1. The molecule has 2 atom stereocenters. The molecule has 3 N–H and O–H groups in total. The lowest BCUT2D eigenvalue weighted by molar-refractivity contribution is 0.0985. The van der Waals surface area contributed by atoms with E-state index in [2.05, 4.69) is 71.2 Å². The number of pyridine rings is 3. The Labute approximate surface area is 354 Å². The van der Waals surface area contributed by atoms with Crippen molar-refractivity contribution >= 4 is 54.9 Å². The van der Waals surface area contributed by atoms with Crippen molar-refractivity contribution in [3.63, 3.8) is 0 Å². The maximum atomic E-state index is 12.9. The zero-order chi connectivity index (χ0) is 42.3. The van der Waals surface area contributed by atoms with Gasteiger partial charge >= 0.3 is 0 Å². The molecule has 3 aliphatic rings. The second-order valence-electron chi connectivity index (χ2n) is 16.2. The number of fused-ring (bicyclic) bond motifs is 2. The van der Waals surface area contributed by atoms with Gasteiger partial charge in [-0.1, -0.05) is 12.1 Å². The van der Waals surface area contributed by atoms with Gasteiger partial charge in [-0.25, -0.2) is 29.1 Å². The number of carbonyl (C=O) groups is 1. The van der Waals surface area contributed by atoms with Gasteiger partial charge in [0, 0.05) is 111 Å². The fourth-order valence-corrected chi connectivity index (χ4v) is 9.42. The van der Waals surface area contributed by atoms with E-state index in [1.807, 2.05) is 62.0 Å². The molecule has 2 unspecified atom stereocenters. The summed E-state index contributed by atoms with van der Waals surface area (Å²) in [6, 6.07) is 17.6. The number of aromatic nitrogens is 8. The number of benzene rings is 1. The molecule has 0 radical (unpaired) electrons. The number of hydrogen-bond donors (Lipinski definition) is 3. The first-order valence-electron chi connectivity index (χ1n) is 20.4. The number of nitrogens with zero attached hydrogens (tertiary/aromatic N) is 10. The highest BCUT2D eigenvalue weighted by atomic mass is 32.2. The Morgan fingerprint density at radius 3 is 2.48 bits per heavy atom. The largest absolute Gasteiger partial charge is 0.377 e. The highest BCUT2D eigenvalue weighted by Gasteiger charge is 2.53. The van der Waals surface area contributed by atoms with Crippen LogP contribution in [0, 0.1) is 4.78 Å². The van der Waals surface area contributed by atoms with Gasteiger partial charge in [0.05, 0.1) is 45.6 Å². The summed E-state index contributed by atoms with van der Waals surface area (Å²) in [4.78, 5) is 45.7. The Balaban J connectivity index is 0.000000157. The van der Waals surface area contributed by atoms with Crippen LogP contribution in [0.4, 0.5) is 17.5 Å². The van der Waals surface area contributed by atoms with Crippen LogP contribution in [0.1, 0.15) is 35.8 Å². The van der Waals surface area contributed by atoms with Crippen molar-refractivity contribution in [2.45, 2.75) is 30.6 Å². The average molecular weight is 840 g/mol. The van der Waals surface area contributed by atoms with Crippen LogP contribution in [0.25, 0.3) is 44.3 Å². The molecule has 7 aromatic rings. The normalized spacial score (nSPS) is 18.7. The maximum absolute atomic E-state index is 12.9. The second-order valence-corrected chi connectivity index (χ2v) is 18.6. The molecule has 1 aliphatic carbocycles. The van der Waals surface area contributed by atoms with Gasteiger partial charge in [0.15, 0.2) is 5.82 Å². The number of rotatable bonds is 8. The minimum Gasteiger partial charge on any atom is -0.377 e. The predicted octanol–water partition coefficient (Wildman–Crippen LogP) is 5.95. The number of likely N-dealkylation sites (N-methyl/N-ethyl adjacent to an activating group) is 1. The summed E-state index contributed by atoms with van der Waals surface area (Å²) in [6.07, 6.45) is 13.8. The third kappa shape index (κ3) is 8.28. The van der Waals surface area contributed by atoms with Gasteiger partial charge in [0.1, 0.15) is 23.1 Å². The lowest BCUT2D eigenvalue weighted by atomic mass is 10.1. The van der Waals surface area contributed by atoms with E-state index in [4.69, 9.17) is 19.5 Å². The topological polar surface area (TPSA) is 187 Å². The van der Waals surface area contributed by atoms with Crippen LogP contribution in [0.2, 0.25) is 0 Å². The SMILES string of the molecule is CC1COCCN1c1cc(C2(S(C)(=N)=O)CC2)nc(-c2ccnc3[nH]ccc23)n1.CN1CCN(c2cc(C(=O)Nc3cc4cc(-c5cnn(C)c5)ccc4cn3)ccn2)CC1. The molecule has 2 saturated heterocycles. The second kappa shape index (κ2) is 16.3. The van der Waals surface area contributed by atoms with Crippen molar-refractivity contribution < 1.29 is 13.7 Å². The molecule has 1 saturated carbocycles. The van der Waals surface area contributed by atoms with Crippen LogP contribution < -0.4 is 15.1 Å². The molecule has 1 amide bonds. The Morgan fingerprint density at radius 1 is 0.902 bits per heavy atom. The highest BCUT2D eigenvalue weighted by molar-refractivity contribution is 7.93. The van der Waals surface area contributed by atoms with E-state index in [9.17, 15) is 9.00 Å². The zero-order valence-corrected chi connectivity index (χ0v) is 35.5.